The number of nitrogens with zero attached hydrogens (tertiary/aromatic N) is 1. The predicted molar refractivity (Wildman–Crippen MR) is 86.9 cm³/mol. The topological polar surface area (TPSA) is 95.9 Å². The fourth-order valence-corrected chi connectivity index (χ4v) is 2.38. The normalized spacial score (nSPS) is 17.6. The summed E-state index contributed by atoms with van der Waals surface area (Å²) in [4.78, 5) is 36.3. The minimum Gasteiger partial charge on any atom is -0.491 e. The highest BCUT2D eigenvalue weighted by Gasteiger charge is 2.44. The molecule has 1 fully saturated rings. The smallest absolute Gasteiger partial charge is 0.325 e. The third kappa shape index (κ3) is 3.91. The van der Waals surface area contributed by atoms with Crippen LogP contribution in [-0.4, -0.2) is 52.5 Å². The largest absolute Gasteiger partial charge is 0.491 e. The number of rotatable bonds is 7. The SMILES string of the molecule is CCC(=O)c1ccc(OC[C@H](O)CN2C(=O)NC(C)(C)C2=O)cc1. The van der Waals surface area contributed by atoms with Gasteiger partial charge in [-0.3, -0.25) is 14.5 Å². The minimum atomic E-state index is -1.01. The molecule has 7 heteroatoms. The van der Waals surface area contributed by atoms with E-state index in [-0.39, 0.29) is 24.8 Å². The molecular weight excluding hydrogens is 312 g/mol. The van der Waals surface area contributed by atoms with E-state index in [1.165, 1.54) is 0 Å². The van der Waals surface area contributed by atoms with Gasteiger partial charge in [0.15, 0.2) is 5.78 Å². The van der Waals surface area contributed by atoms with Crippen LogP contribution in [0.2, 0.25) is 0 Å². The van der Waals surface area contributed by atoms with Crippen LogP contribution in [0, 0.1) is 0 Å². The van der Waals surface area contributed by atoms with Crippen molar-refractivity contribution >= 4 is 17.7 Å². The fraction of sp³-hybridized carbons (Fsp3) is 0.471. The molecule has 0 aromatic heterocycles. The lowest BCUT2D eigenvalue weighted by Crippen LogP contribution is -2.42. The molecule has 1 aromatic rings. The van der Waals surface area contributed by atoms with Crippen molar-refractivity contribution in [3.8, 4) is 5.75 Å². The molecule has 0 bridgehead atoms. The number of aliphatic hydroxyl groups excluding tert-OH is 1. The Bertz CT molecular complexity index is 639. The lowest BCUT2D eigenvalue weighted by molar-refractivity contribution is -0.131. The van der Waals surface area contributed by atoms with Crippen LogP contribution in [0.25, 0.3) is 0 Å². The molecule has 1 aromatic carbocycles. The van der Waals surface area contributed by atoms with Crippen molar-refractivity contribution in [3.63, 3.8) is 0 Å². The monoisotopic (exact) mass is 334 g/mol. The Hall–Kier alpha value is -2.41. The lowest BCUT2D eigenvalue weighted by atomic mass is 10.1. The van der Waals surface area contributed by atoms with Crippen molar-refractivity contribution in [1.29, 1.82) is 0 Å². The maximum Gasteiger partial charge on any atom is 0.325 e. The number of hydrogen-bond donors (Lipinski definition) is 2. The van der Waals surface area contributed by atoms with Gasteiger partial charge >= 0.3 is 6.03 Å². The van der Waals surface area contributed by atoms with Crippen LogP contribution in [-0.2, 0) is 4.79 Å². The molecule has 2 rings (SSSR count). The average molecular weight is 334 g/mol. The quantitative estimate of drug-likeness (QED) is 0.580. The number of urea groups is 1. The summed E-state index contributed by atoms with van der Waals surface area (Å²) < 4.78 is 5.44. The Morgan fingerprint density at radius 2 is 1.92 bits per heavy atom. The van der Waals surface area contributed by atoms with E-state index in [9.17, 15) is 19.5 Å². The molecule has 2 N–H and O–H groups in total. The van der Waals surface area contributed by atoms with E-state index in [1.807, 2.05) is 0 Å². The first-order valence-corrected chi connectivity index (χ1v) is 7.83. The summed E-state index contributed by atoms with van der Waals surface area (Å²) in [6, 6.07) is 6.09. The zero-order valence-electron chi connectivity index (χ0n) is 14.0. The van der Waals surface area contributed by atoms with Crippen molar-refractivity contribution in [2.24, 2.45) is 0 Å². The van der Waals surface area contributed by atoms with Gasteiger partial charge < -0.3 is 15.2 Å². The first kappa shape index (κ1) is 17.9. The molecule has 24 heavy (non-hydrogen) atoms. The highest BCUT2D eigenvalue weighted by molar-refractivity contribution is 6.06. The molecule has 1 aliphatic rings. The van der Waals surface area contributed by atoms with Gasteiger partial charge in [0.25, 0.3) is 5.91 Å². The van der Waals surface area contributed by atoms with E-state index in [0.717, 1.165) is 4.90 Å². The van der Waals surface area contributed by atoms with E-state index in [2.05, 4.69) is 5.32 Å². The summed E-state index contributed by atoms with van der Waals surface area (Å²) >= 11 is 0. The van der Waals surface area contributed by atoms with Crippen molar-refractivity contribution in [2.45, 2.75) is 38.8 Å². The van der Waals surface area contributed by atoms with Gasteiger partial charge in [0.05, 0.1) is 6.54 Å². The molecule has 0 radical (unpaired) electrons. The van der Waals surface area contributed by atoms with E-state index < -0.39 is 17.7 Å². The number of ketones is 1. The van der Waals surface area contributed by atoms with Gasteiger partial charge in [-0.25, -0.2) is 4.79 Å². The van der Waals surface area contributed by atoms with Crippen molar-refractivity contribution < 1.29 is 24.2 Å². The number of aliphatic hydroxyl groups is 1. The zero-order chi connectivity index (χ0) is 17.9. The maximum absolute atomic E-state index is 12.0. The first-order valence-electron chi connectivity index (χ1n) is 7.83. The third-order valence-corrected chi connectivity index (χ3v) is 3.78. The Morgan fingerprint density at radius 3 is 2.42 bits per heavy atom. The number of nitrogens with one attached hydrogen (secondary N) is 1. The molecule has 0 unspecified atom stereocenters. The van der Waals surface area contributed by atoms with Crippen LogP contribution in [0.1, 0.15) is 37.6 Å². The third-order valence-electron chi connectivity index (χ3n) is 3.78. The number of imide groups is 1. The first-order chi connectivity index (χ1) is 11.2. The zero-order valence-corrected chi connectivity index (χ0v) is 14.0. The summed E-state index contributed by atoms with van der Waals surface area (Å²) in [6.07, 6.45) is -0.577. The molecule has 1 aliphatic heterocycles. The number of carbonyl (C=O) groups excluding carboxylic acids is 3. The number of amides is 3. The van der Waals surface area contributed by atoms with Gasteiger partial charge in [0, 0.05) is 12.0 Å². The maximum atomic E-state index is 12.0. The summed E-state index contributed by atoms with van der Waals surface area (Å²) in [5.74, 6) is 0.163. The molecule has 0 saturated carbocycles. The Kier molecular flexibility index (Phi) is 5.23. The summed E-state index contributed by atoms with van der Waals surface area (Å²) in [5.41, 5.74) is -0.355. The molecule has 1 saturated heterocycles. The van der Waals surface area contributed by atoms with Crippen LogP contribution in [0.15, 0.2) is 24.3 Å². The Labute approximate surface area is 140 Å². The second kappa shape index (κ2) is 7.00. The number of Topliss-reactive ketones (excluding diaryl/α,β-unsaturated/α-hetero) is 1. The molecule has 0 aliphatic carbocycles. The minimum absolute atomic E-state index is 0.0442. The van der Waals surface area contributed by atoms with Crippen LogP contribution in [0.3, 0.4) is 0 Å². The number of hydrogen-bond acceptors (Lipinski definition) is 5. The second-order valence-electron chi connectivity index (χ2n) is 6.24. The highest BCUT2D eigenvalue weighted by atomic mass is 16.5. The molecule has 1 atom stereocenters. The number of β-amino-alcohol motifs (C(OH)–C–C–N with tert-alkyl or cyclic N) is 1. The highest BCUT2D eigenvalue weighted by Crippen LogP contribution is 2.17. The van der Waals surface area contributed by atoms with E-state index in [4.69, 9.17) is 4.74 Å². The van der Waals surface area contributed by atoms with Gasteiger partial charge in [-0.2, -0.15) is 0 Å². The summed E-state index contributed by atoms with van der Waals surface area (Å²) in [6.45, 7) is 4.80. The van der Waals surface area contributed by atoms with Crippen molar-refractivity contribution in [1.82, 2.24) is 10.2 Å². The van der Waals surface area contributed by atoms with Gasteiger partial charge in [-0.05, 0) is 38.1 Å². The van der Waals surface area contributed by atoms with Crippen LogP contribution >= 0.6 is 0 Å². The molecular formula is C17H22N2O5. The standard InChI is InChI=1S/C17H22N2O5/c1-4-14(21)11-5-7-13(8-6-11)24-10-12(20)9-19-15(22)17(2,3)18-16(19)23/h5-8,12,20H,4,9-10H2,1-3H3,(H,18,23)/t12-/m1/s1. The number of carbonyl (C=O) groups is 3. The summed E-state index contributed by atoms with van der Waals surface area (Å²) in [5, 5.41) is 12.6. The fourth-order valence-electron chi connectivity index (χ4n) is 2.38. The molecule has 130 valence electrons. The predicted octanol–water partition coefficient (Wildman–Crippen LogP) is 1.35. The molecule has 1 heterocycles. The number of ether oxygens (including phenoxy) is 1. The Morgan fingerprint density at radius 1 is 1.29 bits per heavy atom. The average Bonchev–Trinajstić information content (AvgIpc) is 2.74. The molecule has 3 amide bonds. The van der Waals surface area contributed by atoms with Crippen LogP contribution in [0.4, 0.5) is 4.79 Å². The molecule has 7 nitrogen and oxygen atoms in total. The van der Waals surface area contributed by atoms with E-state index >= 15 is 0 Å². The number of benzene rings is 1. The van der Waals surface area contributed by atoms with Crippen LogP contribution < -0.4 is 10.1 Å². The lowest BCUT2D eigenvalue weighted by Gasteiger charge is -2.19. The van der Waals surface area contributed by atoms with Gasteiger partial charge in [-0.1, -0.05) is 6.92 Å². The molecule has 0 spiro atoms. The summed E-state index contributed by atoms with van der Waals surface area (Å²) in [7, 11) is 0. The van der Waals surface area contributed by atoms with E-state index in [1.54, 1.807) is 45.0 Å². The van der Waals surface area contributed by atoms with E-state index in [0.29, 0.717) is 17.7 Å². The van der Waals surface area contributed by atoms with Gasteiger partial charge in [0.1, 0.15) is 24.0 Å². The van der Waals surface area contributed by atoms with Crippen molar-refractivity contribution in [3.05, 3.63) is 29.8 Å². The van der Waals surface area contributed by atoms with Crippen LogP contribution in [0.5, 0.6) is 5.75 Å². The van der Waals surface area contributed by atoms with Crippen molar-refractivity contribution in [2.75, 3.05) is 13.2 Å². The Balaban J connectivity index is 1.87. The van der Waals surface area contributed by atoms with Gasteiger partial charge in [0.2, 0.25) is 0 Å². The van der Waals surface area contributed by atoms with Gasteiger partial charge in [-0.15, -0.1) is 0 Å². The second-order valence-corrected chi connectivity index (χ2v) is 6.24.